The van der Waals surface area contributed by atoms with Gasteiger partial charge in [0.15, 0.2) is 6.29 Å². The zero-order valence-corrected chi connectivity index (χ0v) is 33.3. The Morgan fingerprint density at radius 1 is 1.02 bits per heavy atom. The second kappa shape index (κ2) is 18.1. The highest BCUT2D eigenvalue weighted by Gasteiger charge is 2.64. The van der Waals surface area contributed by atoms with Gasteiger partial charge in [-0.15, -0.1) is 18.3 Å². The molecule has 0 bridgehead atoms. The third-order valence-corrected chi connectivity index (χ3v) is 13.0. The van der Waals surface area contributed by atoms with Crippen LogP contribution in [0.2, 0.25) is 0 Å². The maximum Gasteiger partial charge on any atom is 0.230 e. The Morgan fingerprint density at radius 2 is 1.74 bits per heavy atom. The zero-order valence-electron chi connectivity index (χ0n) is 32.5. The van der Waals surface area contributed by atoms with E-state index in [0.717, 1.165) is 67.4 Å². The Hall–Kier alpha value is -3.31. The van der Waals surface area contributed by atoms with E-state index in [-0.39, 0.29) is 42.1 Å². The predicted molar refractivity (Wildman–Crippen MR) is 214 cm³/mol. The van der Waals surface area contributed by atoms with E-state index in [1.54, 1.807) is 25.3 Å². The molecule has 54 heavy (non-hydrogen) atoms. The number of thioether (sulfide) groups is 1. The lowest BCUT2D eigenvalue weighted by Crippen LogP contribution is -2.64. The molecule has 1 heterocycles. The van der Waals surface area contributed by atoms with Gasteiger partial charge in [0, 0.05) is 36.4 Å². The summed E-state index contributed by atoms with van der Waals surface area (Å²) in [5.41, 5.74) is 3.06. The molecule has 0 radical (unpaired) electrons. The largest absolute Gasteiger partial charge is 0.496 e. The van der Waals surface area contributed by atoms with Crippen LogP contribution in [0.5, 0.6) is 23.0 Å². The Labute approximate surface area is 325 Å². The number of benzene rings is 2. The molecule has 4 aliphatic rings. The third kappa shape index (κ3) is 8.88. The molecule has 6 rings (SSSR count). The lowest BCUT2D eigenvalue weighted by molar-refractivity contribution is -0.223. The molecule has 10 heteroatoms. The van der Waals surface area contributed by atoms with E-state index in [2.05, 4.69) is 18.7 Å². The first-order valence-electron chi connectivity index (χ1n) is 19.9. The van der Waals surface area contributed by atoms with Crippen LogP contribution in [0, 0.1) is 17.8 Å². The number of unbranched alkanes of at least 4 members (excludes halogenated alkanes) is 2. The van der Waals surface area contributed by atoms with Crippen molar-refractivity contribution in [3.8, 4) is 23.0 Å². The number of ether oxygens (including phenoxy) is 4. The maximum atomic E-state index is 11.8. The van der Waals surface area contributed by atoms with E-state index in [9.17, 15) is 15.0 Å². The number of rotatable bonds is 18. The minimum atomic E-state index is -0.992. The van der Waals surface area contributed by atoms with Gasteiger partial charge in [-0.05, 0) is 113 Å². The van der Waals surface area contributed by atoms with Gasteiger partial charge >= 0.3 is 0 Å². The van der Waals surface area contributed by atoms with Gasteiger partial charge < -0.3 is 34.0 Å². The molecule has 0 saturated heterocycles. The van der Waals surface area contributed by atoms with Crippen LogP contribution in [0.4, 0.5) is 0 Å². The molecule has 3 aliphatic carbocycles. The molecule has 0 amide bonds. The molecule has 0 spiro atoms. The third-order valence-electron chi connectivity index (χ3n) is 11.3. The highest BCUT2D eigenvalue weighted by Crippen LogP contribution is 2.63. The van der Waals surface area contributed by atoms with Gasteiger partial charge in [-0.25, -0.2) is 0 Å². The Kier molecular flexibility index (Phi) is 13.5. The molecule has 294 valence electrons. The summed E-state index contributed by atoms with van der Waals surface area (Å²) in [6, 6.07) is 11.3. The van der Waals surface area contributed by atoms with Gasteiger partial charge in [-0.2, -0.15) is 0 Å². The first kappa shape index (κ1) is 40.4. The van der Waals surface area contributed by atoms with E-state index in [1.165, 1.54) is 25.7 Å². The highest BCUT2D eigenvalue weighted by atomic mass is 32.2. The number of methoxy groups -OCH3 is 1. The number of fused-ring (bicyclic) bond motifs is 2. The number of hydrogen-bond donors (Lipinski definition) is 2. The van der Waals surface area contributed by atoms with Crippen LogP contribution in [0.3, 0.4) is 0 Å². The zero-order chi connectivity index (χ0) is 38.3. The summed E-state index contributed by atoms with van der Waals surface area (Å²) in [6.45, 7) is 10.8. The fourth-order valence-corrected chi connectivity index (χ4v) is 10.7. The van der Waals surface area contributed by atoms with E-state index in [4.69, 9.17) is 28.9 Å². The number of allylic oxidation sites excluding steroid dienone is 1. The Bertz CT molecular complexity index is 1660. The fraction of sp³-hybridized carbons (Fsp3) is 0.591. The molecule has 6 unspecified atom stereocenters. The average Bonchev–Trinajstić information content (AvgIpc) is 3.68. The van der Waals surface area contributed by atoms with Crippen LogP contribution in [0.25, 0.3) is 0 Å². The normalized spacial score (nSPS) is 27.0. The summed E-state index contributed by atoms with van der Waals surface area (Å²) in [7, 11) is 1.54. The summed E-state index contributed by atoms with van der Waals surface area (Å²) >= 11 is 1.99. The number of hydrogen-bond acceptors (Lipinski definition) is 10. The molecule has 2 N–H and O–H groups in total. The van der Waals surface area contributed by atoms with E-state index in [0.29, 0.717) is 41.1 Å². The number of aliphatic hydroxyl groups excluding tert-OH is 2. The molecule has 0 aromatic heterocycles. The molecule has 2 fully saturated rings. The van der Waals surface area contributed by atoms with Crippen molar-refractivity contribution in [3.05, 3.63) is 71.8 Å². The van der Waals surface area contributed by atoms with Crippen LogP contribution in [0.1, 0.15) is 113 Å². The maximum absolute atomic E-state index is 11.8. The quantitative estimate of drug-likeness (QED) is 0.0664. The first-order valence-corrected chi connectivity index (χ1v) is 20.8. The topological polar surface area (TPSA) is 116 Å². The van der Waals surface area contributed by atoms with Crippen molar-refractivity contribution < 1.29 is 38.8 Å². The predicted octanol–water partition coefficient (Wildman–Crippen LogP) is 9.41. The minimum Gasteiger partial charge on any atom is -0.496 e. The van der Waals surface area contributed by atoms with Crippen molar-refractivity contribution in [1.82, 2.24) is 0 Å². The van der Waals surface area contributed by atoms with E-state index >= 15 is 0 Å². The molecule has 6 atom stereocenters. The van der Waals surface area contributed by atoms with Gasteiger partial charge in [0.05, 0.1) is 36.2 Å². The summed E-state index contributed by atoms with van der Waals surface area (Å²) in [6.07, 6.45) is 15.5. The fourth-order valence-electron chi connectivity index (χ4n) is 8.96. The monoisotopic (exact) mass is 761 g/mol. The van der Waals surface area contributed by atoms with Gasteiger partial charge in [0.25, 0.3) is 0 Å². The van der Waals surface area contributed by atoms with Crippen molar-refractivity contribution in [2.75, 3.05) is 26.9 Å². The number of nitrogens with zero attached hydrogens (tertiary/aromatic N) is 1. The molecule has 1 aliphatic heterocycles. The van der Waals surface area contributed by atoms with Crippen molar-refractivity contribution >= 4 is 23.8 Å². The summed E-state index contributed by atoms with van der Waals surface area (Å²) in [5.74, 6) is 1.59. The van der Waals surface area contributed by atoms with E-state index in [1.807, 2.05) is 50.7 Å². The molecule has 2 aromatic rings. The molecular weight excluding hydrogens is 703 g/mol. The number of carbonyl (C=O) groups excluding carboxylic acids is 1. The van der Waals surface area contributed by atoms with Crippen molar-refractivity contribution in [1.29, 1.82) is 0 Å². The number of aliphatic hydroxyl groups is 2. The Morgan fingerprint density at radius 3 is 2.43 bits per heavy atom. The van der Waals surface area contributed by atoms with Crippen LogP contribution < -0.4 is 14.2 Å². The summed E-state index contributed by atoms with van der Waals surface area (Å²) in [5, 5.41) is 25.1. The van der Waals surface area contributed by atoms with Crippen molar-refractivity contribution in [2.24, 2.45) is 22.9 Å². The van der Waals surface area contributed by atoms with Crippen LogP contribution >= 0.6 is 11.8 Å². The average molecular weight is 762 g/mol. The second-order valence-corrected chi connectivity index (χ2v) is 17.6. The highest BCUT2D eigenvalue weighted by molar-refractivity contribution is 8.00. The standard InChI is InChI=1S/C44H59NO8S/c1-6-23-50-44-40(54-33-14-7-8-15-33)27-37(45-53-43(2,3)4)35-25-29(13-9-11-21-46)34(16-10-12-22-47)41(42(35)44)36-26-32(18-20-39(36)52-44)51-31-17-19-38(49-5)30(24-31)28-48/h6,17-20,24-26,28-29,33-34,40-42,46-47H,1,7-16,21-23,27H2,2-5H3. The summed E-state index contributed by atoms with van der Waals surface area (Å²) < 4.78 is 26.2. The SMILES string of the molecule is C=CCOC12Oc3ccc(Oc4ccc(OC)c(C=O)c4)cc3C3C(CCCCO)C(CCCCO)C=C(C(=NOC(C)(C)C)CC1SC1CCCC1)C32. The lowest BCUT2D eigenvalue weighted by atomic mass is 9.56. The van der Waals surface area contributed by atoms with Gasteiger partial charge in [-0.3, -0.25) is 4.79 Å². The molecule has 9 nitrogen and oxygen atoms in total. The van der Waals surface area contributed by atoms with Crippen molar-refractivity contribution in [2.45, 2.75) is 119 Å². The van der Waals surface area contributed by atoms with Crippen LogP contribution in [-0.4, -0.2) is 71.0 Å². The Balaban J connectivity index is 1.54. The lowest BCUT2D eigenvalue weighted by Gasteiger charge is -2.58. The van der Waals surface area contributed by atoms with Crippen LogP contribution in [0.15, 0.2) is 65.9 Å². The number of oxime groups is 1. The van der Waals surface area contributed by atoms with Gasteiger partial charge in [-0.1, -0.05) is 43.0 Å². The second-order valence-electron chi connectivity index (χ2n) is 16.1. The van der Waals surface area contributed by atoms with Crippen molar-refractivity contribution in [3.63, 3.8) is 0 Å². The number of aldehydes is 1. The molecule has 2 saturated carbocycles. The summed E-state index contributed by atoms with van der Waals surface area (Å²) in [4.78, 5) is 18.1. The molecular formula is C44H59NO8S. The first-order chi connectivity index (χ1) is 26.1. The molecule has 2 aromatic carbocycles. The van der Waals surface area contributed by atoms with Gasteiger partial charge in [0.1, 0.15) is 28.6 Å². The van der Waals surface area contributed by atoms with E-state index < -0.39 is 11.4 Å². The minimum absolute atomic E-state index is 0.0341. The van der Waals surface area contributed by atoms with Gasteiger partial charge in [0.2, 0.25) is 5.79 Å². The number of carbonyl (C=O) groups is 1. The van der Waals surface area contributed by atoms with Crippen LogP contribution in [-0.2, 0) is 9.57 Å². The smallest absolute Gasteiger partial charge is 0.230 e.